The van der Waals surface area contributed by atoms with Gasteiger partial charge in [-0.2, -0.15) is 5.10 Å². The molecule has 3 rings (SSSR count). The third-order valence-electron chi connectivity index (χ3n) is 6.17. The summed E-state index contributed by atoms with van der Waals surface area (Å²) in [6.45, 7) is 13.0. The fourth-order valence-electron chi connectivity index (χ4n) is 4.14. The van der Waals surface area contributed by atoms with E-state index in [2.05, 4.69) is 26.4 Å². The summed E-state index contributed by atoms with van der Waals surface area (Å²) < 4.78 is 6.85. The molecule has 0 aliphatic carbocycles. The van der Waals surface area contributed by atoms with Crippen LogP contribution in [0.15, 0.2) is 6.20 Å². The van der Waals surface area contributed by atoms with Gasteiger partial charge < -0.3 is 19.9 Å². The molecule has 1 fully saturated rings. The highest BCUT2D eigenvalue weighted by atomic mass is 32.1. The van der Waals surface area contributed by atoms with E-state index in [-0.39, 0.29) is 5.91 Å². The third kappa shape index (κ3) is 5.59. The molecule has 1 amide bonds. The Hall–Kier alpha value is -2.50. The molecule has 0 saturated carbocycles. The fourth-order valence-corrected chi connectivity index (χ4v) is 5.65. The number of nitrogens with one attached hydrogen (secondary N) is 1. The molecular weight excluding hydrogens is 472 g/mol. The molecule has 0 atom stereocenters. The highest BCUT2D eigenvalue weighted by Gasteiger charge is 2.29. The molecule has 34 heavy (non-hydrogen) atoms. The molecule has 2 aromatic rings. The first kappa shape index (κ1) is 26.1. The number of anilines is 1. The normalized spacial score (nSPS) is 14.2. The Labute approximate surface area is 210 Å². The van der Waals surface area contributed by atoms with Crippen LogP contribution in [-0.2, 0) is 18.3 Å². The Morgan fingerprint density at radius 2 is 1.85 bits per heavy atom. The number of thiophene rings is 1. The molecule has 1 N–H and O–H groups in total. The zero-order valence-electron chi connectivity index (χ0n) is 20.8. The molecule has 11 heteroatoms. The maximum Gasteiger partial charge on any atom is 0.341 e. The van der Waals surface area contributed by atoms with Gasteiger partial charge in [0.05, 0.1) is 23.2 Å². The van der Waals surface area contributed by atoms with E-state index in [1.165, 1.54) is 24.0 Å². The van der Waals surface area contributed by atoms with Crippen molar-refractivity contribution in [2.45, 2.75) is 34.2 Å². The lowest BCUT2D eigenvalue weighted by molar-refractivity contribution is 0.0601. The van der Waals surface area contributed by atoms with Crippen molar-refractivity contribution in [3.63, 3.8) is 0 Å². The van der Waals surface area contributed by atoms with E-state index < -0.39 is 5.97 Å². The Balaban J connectivity index is 1.70. The summed E-state index contributed by atoms with van der Waals surface area (Å²) in [5.41, 5.74) is 3.28. The van der Waals surface area contributed by atoms with Crippen LogP contribution in [0.4, 0.5) is 5.00 Å². The van der Waals surface area contributed by atoms with Gasteiger partial charge in [0.15, 0.2) is 5.11 Å². The average molecular weight is 507 g/mol. The summed E-state index contributed by atoms with van der Waals surface area (Å²) >= 11 is 6.95. The van der Waals surface area contributed by atoms with E-state index in [4.69, 9.17) is 17.0 Å². The summed E-state index contributed by atoms with van der Waals surface area (Å²) in [6.07, 6.45) is 2.07. The predicted molar refractivity (Wildman–Crippen MR) is 139 cm³/mol. The van der Waals surface area contributed by atoms with Gasteiger partial charge in [-0.3, -0.25) is 14.4 Å². The second-order valence-electron chi connectivity index (χ2n) is 8.34. The largest absolute Gasteiger partial charge is 0.465 e. The van der Waals surface area contributed by atoms with Crippen molar-refractivity contribution in [3.8, 4) is 0 Å². The molecule has 2 aromatic heterocycles. The predicted octanol–water partition coefficient (Wildman–Crippen LogP) is 2.88. The second-order valence-corrected chi connectivity index (χ2v) is 9.74. The molecular formula is C23H34N6O3S2. The lowest BCUT2D eigenvalue weighted by Crippen LogP contribution is -2.49. The minimum absolute atomic E-state index is 0.0871. The van der Waals surface area contributed by atoms with E-state index in [0.717, 1.165) is 38.4 Å². The van der Waals surface area contributed by atoms with Gasteiger partial charge in [-0.05, 0) is 45.5 Å². The van der Waals surface area contributed by atoms with Gasteiger partial charge in [-0.15, -0.1) is 11.3 Å². The molecule has 0 aromatic carbocycles. The van der Waals surface area contributed by atoms with Gasteiger partial charge in [0.2, 0.25) is 0 Å². The number of hydrogen-bond donors (Lipinski definition) is 1. The number of esters is 1. The number of thiocarbonyl (C=S) groups is 1. The first-order valence-electron chi connectivity index (χ1n) is 11.5. The van der Waals surface area contributed by atoms with Crippen LogP contribution in [0.5, 0.6) is 0 Å². The second kappa shape index (κ2) is 11.3. The van der Waals surface area contributed by atoms with Crippen molar-refractivity contribution in [1.82, 2.24) is 24.5 Å². The lowest BCUT2D eigenvalue weighted by Gasteiger charge is -2.36. The van der Waals surface area contributed by atoms with Crippen LogP contribution in [0.1, 0.15) is 50.7 Å². The Morgan fingerprint density at radius 1 is 1.21 bits per heavy atom. The van der Waals surface area contributed by atoms with E-state index in [1.807, 2.05) is 32.5 Å². The van der Waals surface area contributed by atoms with Crippen LogP contribution in [0, 0.1) is 13.8 Å². The SMILES string of the molecule is CCN(CC)C(=O)c1sc(NC(=S)N2CCN(Cc3cn(C)nc3C)CC2)c(C(=O)OC)c1C. The van der Waals surface area contributed by atoms with Crippen molar-refractivity contribution < 1.29 is 14.3 Å². The van der Waals surface area contributed by atoms with Gasteiger partial charge in [0, 0.05) is 64.6 Å². The Kier molecular flexibility index (Phi) is 8.67. The summed E-state index contributed by atoms with van der Waals surface area (Å²) in [6, 6.07) is 0. The van der Waals surface area contributed by atoms with Crippen LogP contribution >= 0.6 is 23.6 Å². The van der Waals surface area contributed by atoms with Crippen LogP contribution in [-0.4, -0.2) is 87.8 Å². The van der Waals surface area contributed by atoms with Crippen LogP contribution in [0.3, 0.4) is 0 Å². The van der Waals surface area contributed by atoms with Crippen molar-refractivity contribution in [3.05, 3.63) is 33.5 Å². The molecule has 3 heterocycles. The van der Waals surface area contributed by atoms with E-state index >= 15 is 0 Å². The maximum absolute atomic E-state index is 13.0. The number of carbonyl (C=O) groups is 2. The molecule has 0 unspecified atom stereocenters. The number of amides is 1. The first-order valence-corrected chi connectivity index (χ1v) is 12.7. The quantitative estimate of drug-likeness (QED) is 0.454. The fraction of sp³-hybridized carbons (Fsp3) is 0.565. The highest BCUT2D eigenvalue weighted by Crippen LogP contribution is 2.35. The zero-order chi connectivity index (χ0) is 25.0. The molecule has 1 aliphatic rings. The number of aryl methyl sites for hydroxylation is 2. The summed E-state index contributed by atoms with van der Waals surface area (Å²) in [5.74, 6) is -0.565. The van der Waals surface area contributed by atoms with Gasteiger partial charge in [0.25, 0.3) is 5.91 Å². The highest BCUT2D eigenvalue weighted by molar-refractivity contribution is 7.80. The van der Waals surface area contributed by atoms with Gasteiger partial charge >= 0.3 is 5.97 Å². The average Bonchev–Trinajstić information content (AvgIpc) is 3.31. The number of ether oxygens (including phenoxy) is 1. The molecule has 9 nitrogen and oxygen atoms in total. The summed E-state index contributed by atoms with van der Waals surface area (Å²) in [7, 11) is 3.28. The number of rotatable bonds is 7. The van der Waals surface area contributed by atoms with Gasteiger partial charge in [-0.25, -0.2) is 4.79 Å². The van der Waals surface area contributed by atoms with E-state index in [0.29, 0.717) is 39.2 Å². The van der Waals surface area contributed by atoms with Crippen LogP contribution in [0.2, 0.25) is 0 Å². The monoisotopic (exact) mass is 506 g/mol. The van der Waals surface area contributed by atoms with Crippen LogP contribution in [0.25, 0.3) is 0 Å². The van der Waals surface area contributed by atoms with Gasteiger partial charge in [-0.1, -0.05) is 0 Å². The standard InChI is InChI=1S/C23H34N6O3S2/c1-7-28(8-2)21(30)19-15(3)18(22(31)32-6)20(34-19)24-23(33)29-11-9-27(10-12-29)14-17-13-26(5)25-16(17)4/h13H,7-12,14H2,1-6H3,(H,24,33). The van der Waals surface area contributed by atoms with Crippen molar-refractivity contribution >= 4 is 45.5 Å². The lowest BCUT2D eigenvalue weighted by atomic mass is 10.1. The van der Waals surface area contributed by atoms with E-state index in [9.17, 15) is 9.59 Å². The summed E-state index contributed by atoms with van der Waals surface area (Å²) in [5, 5.41) is 8.76. The minimum Gasteiger partial charge on any atom is -0.465 e. The summed E-state index contributed by atoms with van der Waals surface area (Å²) in [4.78, 5) is 32.3. The third-order valence-corrected chi connectivity index (χ3v) is 7.73. The first-order chi connectivity index (χ1) is 16.2. The van der Waals surface area contributed by atoms with Crippen molar-refractivity contribution in [1.29, 1.82) is 0 Å². The number of nitrogens with zero attached hydrogens (tertiary/aromatic N) is 5. The van der Waals surface area contributed by atoms with E-state index in [1.54, 1.807) is 11.8 Å². The smallest absolute Gasteiger partial charge is 0.341 e. The van der Waals surface area contributed by atoms with Gasteiger partial charge in [0.1, 0.15) is 5.00 Å². The maximum atomic E-state index is 13.0. The molecule has 186 valence electrons. The molecule has 1 aliphatic heterocycles. The molecule has 0 radical (unpaired) electrons. The number of carbonyl (C=O) groups excluding carboxylic acids is 2. The topological polar surface area (TPSA) is 82.9 Å². The van der Waals surface area contributed by atoms with Crippen molar-refractivity contribution in [2.24, 2.45) is 7.05 Å². The number of methoxy groups -OCH3 is 1. The number of hydrogen-bond acceptors (Lipinski definition) is 7. The number of aromatic nitrogens is 2. The zero-order valence-corrected chi connectivity index (χ0v) is 22.4. The van der Waals surface area contributed by atoms with Crippen molar-refractivity contribution in [2.75, 3.05) is 51.7 Å². The molecule has 1 saturated heterocycles. The molecule has 0 bridgehead atoms. The van der Waals surface area contributed by atoms with Crippen LogP contribution < -0.4 is 5.32 Å². The Morgan fingerprint density at radius 3 is 2.38 bits per heavy atom. The Bertz CT molecular complexity index is 1050. The number of piperazine rings is 1. The molecule has 0 spiro atoms. The minimum atomic E-state index is -0.477.